The number of aryl methyl sites for hydroxylation is 1. The van der Waals surface area contributed by atoms with Crippen LogP contribution in [0.5, 0.6) is 0 Å². The minimum absolute atomic E-state index is 0.705. The summed E-state index contributed by atoms with van der Waals surface area (Å²) >= 11 is 1.65. The van der Waals surface area contributed by atoms with Gasteiger partial charge < -0.3 is 4.74 Å². The Morgan fingerprint density at radius 3 is 2.93 bits per heavy atom. The van der Waals surface area contributed by atoms with Gasteiger partial charge in [0.2, 0.25) is 0 Å². The van der Waals surface area contributed by atoms with E-state index in [4.69, 9.17) is 4.74 Å². The monoisotopic (exact) mass is 210 g/mol. The fourth-order valence-electron chi connectivity index (χ4n) is 1.13. The number of methoxy groups -OCH3 is 1. The summed E-state index contributed by atoms with van der Waals surface area (Å²) in [6.45, 7) is 2.69. The van der Waals surface area contributed by atoms with Crippen molar-refractivity contribution < 1.29 is 9.53 Å². The maximum absolute atomic E-state index is 10.8. The summed E-state index contributed by atoms with van der Waals surface area (Å²) in [5, 5.41) is 0. The van der Waals surface area contributed by atoms with E-state index in [0.29, 0.717) is 6.61 Å². The van der Waals surface area contributed by atoms with E-state index in [0.717, 1.165) is 28.1 Å². The lowest BCUT2D eigenvalue weighted by Crippen LogP contribution is -1.93. The van der Waals surface area contributed by atoms with Gasteiger partial charge in [0.25, 0.3) is 0 Å². The van der Waals surface area contributed by atoms with E-state index in [2.05, 4.69) is 0 Å². The van der Waals surface area contributed by atoms with Crippen LogP contribution in [0, 0.1) is 6.92 Å². The standard InChI is InChI=1S/C11H14O2S/c1-9-3-4-11(10(7-9)8-12)14-6-5-13-2/h3-4,7-8H,5-6H2,1-2H3. The lowest BCUT2D eigenvalue weighted by molar-refractivity contribution is 0.112. The molecule has 1 aromatic carbocycles. The molecular weight excluding hydrogens is 196 g/mol. The second-order valence-electron chi connectivity index (χ2n) is 3.00. The van der Waals surface area contributed by atoms with Crippen molar-refractivity contribution in [2.24, 2.45) is 0 Å². The molecule has 0 saturated heterocycles. The zero-order valence-electron chi connectivity index (χ0n) is 8.45. The van der Waals surface area contributed by atoms with Crippen molar-refractivity contribution in [3.8, 4) is 0 Å². The molecule has 0 bridgehead atoms. The van der Waals surface area contributed by atoms with Crippen molar-refractivity contribution in [2.45, 2.75) is 11.8 Å². The number of hydrogen-bond acceptors (Lipinski definition) is 3. The van der Waals surface area contributed by atoms with Gasteiger partial charge in [0.15, 0.2) is 6.29 Å². The summed E-state index contributed by atoms with van der Waals surface area (Å²) in [6, 6.07) is 5.91. The number of carbonyl (C=O) groups is 1. The molecule has 0 atom stereocenters. The van der Waals surface area contributed by atoms with Crippen LogP contribution in [0.1, 0.15) is 15.9 Å². The van der Waals surface area contributed by atoms with Gasteiger partial charge in [0.05, 0.1) is 6.61 Å². The number of ether oxygens (including phenoxy) is 1. The van der Waals surface area contributed by atoms with Gasteiger partial charge in [-0.3, -0.25) is 4.79 Å². The molecule has 76 valence electrons. The molecule has 0 amide bonds. The third-order valence-electron chi connectivity index (χ3n) is 1.84. The predicted octanol–water partition coefficient (Wildman–Crippen LogP) is 2.55. The van der Waals surface area contributed by atoms with Crippen LogP contribution in [-0.2, 0) is 4.74 Å². The minimum Gasteiger partial charge on any atom is -0.384 e. The molecule has 0 unspecified atom stereocenters. The highest BCUT2D eigenvalue weighted by atomic mass is 32.2. The molecule has 3 heteroatoms. The summed E-state index contributed by atoms with van der Waals surface area (Å²) in [5.41, 5.74) is 1.88. The first-order chi connectivity index (χ1) is 6.77. The van der Waals surface area contributed by atoms with E-state index in [1.54, 1.807) is 18.9 Å². The number of hydrogen-bond donors (Lipinski definition) is 0. The number of benzene rings is 1. The fraction of sp³-hybridized carbons (Fsp3) is 0.364. The first-order valence-electron chi connectivity index (χ1n) is 4.45. The Bertz CT molecular complexity index is 310. The summed E-state index contributed by atoms with van der Waals surface area (Å²) in [7, 11) is 1.68. The zero-order chi connectivity index (χ0) is 10.4. The molecule has 0 aliphatic rings. The lowest BCUT2D eigenvalue weighted by atomic mass is 10.2. The summed E-state index contributed by atoms with van der Waals surface area (Å²) in [6.07, 6.45) is 0.905. The van der Waals surface area contributed by atoms with E-state index >= 15 is 0 Å². The fourth-order valence-corrected chi connectivity index (χ4v) is 2.03. The first kappa shape index (κ1) is 11.3. The molecule has 0 aliphatic carbocycles. The molecule has 0 saturated carbocycles. The van der Waals surface area contributed by atoms with Gasteiger partial charge >= 0.3 is 0 Å². The third kappa shape index (κ3) is 3.16. The molecule has 1 rings (SSSR count). The highest BCUT2D eigenvalue weighted by Crippen LogP contribution is 2.22. The van der Waals surface area contributed by atoms with E-state index in [1.807, 2.05) is 25.1 Å². The number of rotatable bonds is 5. The van der Waals surface area contributed by atoms with Crippen LogP contribution in [0.4, 0.5) is 0 Å². The van der Waals surface area contributed by atoms with Gasteiger partial charge in [0, 0.05) is 23.3 Å². The van der Waals surface area contributed by atoms with Gasteiger partial charge in [-0.05, 0) is 19.1 Å². The Balaban J connectivity index is 2.70. The van der Waals surface area contributed by atoms with Gasteiger partial charge in [-0.2, -0.15) is 0 Å². The van der Waals surface area contributed by atoms with Crippen molar-refractivity contribution in [3.05, 3.63) is 29.3 Å². The van der Waals surface area contributed by atoms with Crippen molar-refractivity contribution in [1.82, 2.24) is 0 Å². The quantitative estimate of drug-likeness (QED) is 0.424. The lowest BCUT2D eigenvalue weighted by Gasteiger charge is -2.04. The Labute approximate surface area is 88.7 Å². The number of aldehydes is 1. The molecule has 0 fully saturated rings. The van der Waals surface area contributed by atoms with Crippen LogP contribution in [-0.4, -0.2) is 25.8 Å². The SMILES string of the molecule is COCCSc1ccc(C)cc1C=O. The normalized spacial score (nSPS) is 10.1. The van der Waals surface area contributed by atoms with Crippen LogP contribution < -0.4 is 0 Å². The Kier molecular flexibility index (Phi) is 4.70. The molecular formula is C11H14O2S. The highest BCUT2D eigenvalue weighted by Gasteiger charge is 2.01. The summed E-state index contributed by atoms with van der Waals surface area (Å²) < 4.78 is 4.95. The number of thioether (sulfide) groups is 1. The van der Waals surface area contributed by atoms with Gasteiger partial charge in [-0.15, -0.1) is 11.8 Å². The number of carbonyl (C=O) groups excluding carboxylic acids is 1. The van der Waals surface area contributed by atoms with E-state index in [-0.39, 0.29) is 0 Å². The summed E-state index contributed by atoms with van der Waals surface area (Å²) in [5.74, 6) is 0.875. The van der Waals surface area contributed by atoms with Gasteiger partial charge in [0.1, 0.15) is 0 Å². The van der Waals surface area contributed by atoms with Crippen molar-refractivity contribution in [3.63, 3.8) is 0 Å². The molecule has 0 aliphatic heterocycles. The molecule has 2 nitrogen and oxygen atoms in total. The molecule has 0 radical (unpaired) electrons. The van der Waals surface area contributed by atoms with E-state index in [1.165, 1.54) is 0 Å². The first-order valence-corrected chi connectivity index (χ1v) is 5.44. The highest BCUT2D eigenvalue weighted by molar-refractivity contribution is 7.99. The maximum atomic E-state index is 10.8. The van der Waals surface area contributed by atoms with Crippen LogP contribution in [0.3, 0.4) is 0 Å². The van der Waals surface area contributed by atoms with Crippen molar-refractivity contribution in [2.75, 3.05) is 19.5 Å². The Hall–Kier alpha value is -0.800. The maximum Gasteiger partial charge on any atom is 0.151 e. The second-order valence-corrected chi connectivity index (χ2v) is 4.14. The Morgan fingerprint density at radius 2 is 2.29 bits per heavy atom. The van der Waals surface area contributed by atoms with Crippen molar-refractivity contribution in [1.29, 1.82) is 0 Å². The molecule has 0 heterocycles. The molecule has 0 N–H and O–H groups in total. The predicted molar refractivity (Wildman–Crippen MR) is 59.2 cm³/mol. The van der Waals surface area contributed by atoms with E-state index in [9.17, 15) is 4.79 Å². The summed E-state index contributed by atoms with van der Waals surface area (Å²) in [4.78, 5) is 11.8. The Morgan fingerprint density at radius 1 is 1.50 bits per heavy atom. The molecule has 1 aromatic rings. The average Bonchev–Trinajstić information content (AvgIpc) is 2.20. The average molecular weight is 210 g/mol. The molecule has 0 aromatic heterocycles. The van der Waals surface area contributed by atoms with Crippen LogP contribution >= 0.6 is 11.8 Å². The topological polar surface area (TPSA) is 26.3 Å². The molecule has 0 spiro atoms. The third-order valence-corrected chi connectivity index (χ3v) is 2.89. The van der Waals surface area contributed by atoms with Crippen LogP contribution in [0.25, 0.3) is 0 Å². The second kappa shape index (κ2) is 5.83. The molecule has 14 heavy (non-hydrogen) atoms. The van der Waals surface area contributed by atoms with Crippen LogP contribution in [0.2, 0.25) is 0 Å². The van der Waals surface area contributed by atoms with Gasteiger partial charge in [-0.1, -0.05) is 11.6 Å². The minimum atomic E-state index is 0.705. The van der Waals surface area contributed by atoms with E-state index < -0.39 is 0 Å². The smallest absolute Gasteiger partial charge is 0.151 e. The largest absolute Gasteiger partial charge is 0.384 e. The van der Waals surface area contributed by atoms with Gasteiger partial charge in [-0.25, -0.2) is 0 Å². The van der Waals surface area contributed by atoms with Crippen LogP contribution in [0.15, 0.2) is 23.1 Å². The zero-order valence-corrected chi connectivity index (χ0v) is 9.26. The van der Waals surface area contributed by atoms with Crippen molar-refractivity contribution >= 4 is 18.0 Å².